The van der Waals surface area contributed by atoms with Crippen LogP contribution in [-0.4, -0.2) is 18.4 Å². The van der Waals surface area contributed by atoms with Crippen LogP contribution in [0.25, 0.3) is 6.08 Å². The lowest BCUT2D eigenvalue weighted by atomic mass is 10.0. The van der Waals surface area contributed by atoms with Crippen LogP contribution >= 0.6 is 0 Å². The van der Waals surface area contributed by atoms with Crippen LogP contribution in [0.2, 0.25) is 0 Å². The lowest BCUT2D eigenvalue weighted by molar-refractivity contribution is 0.223. The Kier molecular flexibility index (Phi) is 1.85. The molecule has 1 aromatic carbocycles. The van der Waals surface area contributed by atoms with Crippen LogP contribution in [-0.2, 0) is 0 Å². The SMILES string of the molecule is Cc1ccc2c(c1)C=CC(O)N2C. The molecule has 2 nitrogen and oxygen atoms in total. The molecule has 1 atom stereocenters. The summed E-state index contributed by atoms with van der Waals surface area (Å²) in [5, 5.41) is 9.53. The zero-order valence-electron chi connectivity index (χ0n) is 7.86. The molecule has 0 bridgehead atoms. The average Bonchev–Trinajstić information content (AvgIpc) is 2.12. The van der Waals surface area contributed by atoms with Crippen molar-refractivity contribution in [2.24, 2.45) is 0 Å². The Labute approximate surface area is 78.1 Å². The van der Waals surface area contributed by atoms with E-state index < -0.39 is 6.23 Å². The Hall–Kier alpha value is -1.28. The van der Waals surface area contributed by atoms with E-state index in [-0.39, 0.29) is 0 Å². The van der Waals surface area contributed by atoms with Crippen LogP contribution in [0, 0.1) is 6.92 Å². The van der Waals surface area contributed by atoms with E-state index in [0.29, 0.717) is 0 Å². The van der Waals surface area contributed by atoms with Crippen LogP contribution in [0.5, 0.6) is 0 Å². The Balaban J connectivity index is 2.52. The topological polar surface area (TPSA) is 23.5 Å². The molecule has 0 spiro atoms. The van der Waals surface area contributed by atoms with E-state index in [2.05, 4.69) is 19.1 Å². The molecule has 2 heteroatoms. The second-order valence-electron chi connectivity index (χ2n) is 3.45. The maximum atomic E-state index is 9.53. The molecule has 0 fully saturated rings. The van der Waals surface area contributed by atoms with Gasteiger partial charge in [0, 0.05) is 12.7 Å². The van der Waals surface area contributed by atoms with Crippen LogP contribution in [0.15, 0.2) is 24.3 Å². The quantitative estimate of drug-likeness (QED) is 0.649. The van der Waals surface area contributed by atoms with Crippen LogP contribution < -0.4 is 4.90 Å². The molecule has 1 aliphatic heterocycles. The van der Waals surface area contributed by atoms with Crippen molar-refractivity contribution in [1.82, 2.24) is 0 Å². The first-order valence-corrected chi connectivity index (χ1v) is 4.38. The molecule has 0 saturated heterocycles. The second kappa shape index (κ2) is 2.89. The summed E-state index contributed by atoms with van der Waals surface area (Å²) in [5.41, 5.74) is 3.50. The number of hydrogen-bond donors (Lipinski definition) is 1. The number of aryl methyl sites for hydroxylation is 1. The van der Waals surface area contributed by atoms with E-state index in [9.17, 15) is 5.11 Å². The van der Waals surface area contributed by atoms with Crippen LogP contribution in [0.3, 0.4) is 0 Å². The maximum absolute atomic E-state index is 9.53. The van der Waals surface area contributed by atoms with Gasteiger partial charge in [-0.3, -0.25) is 0 Å². The van der Waals surface area contributed by atoms with E-state index in [4.69, 9.17) is 0 Å². The molecule has 0 aliphatic carbocycles. The van der Waals surface area contributed by atoms with Crippen molar-refractivity contribution in [1.29, 1.82) is 0 Å². The zero-order chi connectivity index (χ0) is 9.42. The van der Waals surface area contributed by atoms with Crippen molar-refractivity contribution < 1.29 is 5.11 Å². The van der Waals surface area contributed by atoms with E-state index in [1.54, 1.807) is 6.08 Å². The first-order valence-electron chi connectivity index (χ1n) is 4.38. The van der Waals surface area contributed by atoms with Crippen molar-refractivity contribution in [3.8, 4) is 0 Å². The molecule has 1 N–H and O–H groups in total. The summed E-state index contributed by atoms with van der Waals surface area (Å²) in [7, 11) is 1.89. The summed E-state index contributed by atoms with van der Waals surface area (Å²) in [5.74, 6) is 0. The average molecular weight is 175 g/mol. The summed E-state index contributed by atoms with van der Waals surface area (Å²) in [6.07, 6.45) is 3.27. The highest BCUT2D eigenvalue weighted by atomic mass is 16.3. The first kappa shape index (κ1) is 8.32. The summed E-state index contributed by atoms with van der Waals surface area (Å²) < 4.78 is 0. The molecule has 13 heavy (non-hydrogen) atoms. The number of nitrogens with zero attached hydrogens (tertiary/aromatic N) is 1. The second-order valence-corrected chi connectivity index (χ2v) is 3.45. The van der Waals surface area contributed by atoms with Crippen molar-refractivity contribution in [3.05, 3.63) is 35.4 Å². The van der Waals surface area contributed by atoms with Crippen LogP contribution in [0.1, 0.15) is 11.1 Å². The molecule has 0 aromatic heterocycles. The number of rotatable bonds is 0. The summed E-state index contributed by atoms with van der Waals surface area (Å²) in [6, 6.07) is 6.22. The van der Waals surface area contributed by atoms with E-state index in [1.807, 2.05) is 24.1 Å². The summed E-state index contributed by atoms with van der Waals surface area (Å²) in [4.78, 5) is 1.86. The lowest BCUT2D eigenvalue weighted by Crippen LogP contribution is -2.31. The Morgan fingerprint density at radius 1 is 1.38 bits per heavy atom. The number of benzene rings is 1. The Morgan fingerprint density at radius 2 is 2.15 bits per heavy atom. The van der Waals surface area contributed by atoms with Gasteiger partial charge in [0.25, 0.3) is 0 Å². The van der Waals surface area contributed by atoms with E-state index in [1.165, 1.54) is 11.1 Å². The van der Waals surface area contributed by atoms with Crippen molar-refractivity contribution in [2.75, 3.05) is 11.9 Å². The number of fused-ring (bicyclic) bond motifs is 1. The molecule has 0 amide bonds. The minimum atomic E-state index is -0.491. The molecule has 1 aromatic rings. The minimum Gasteiger partial charge on any atom is -0.370 e. The fourth-order valence-electron chi connectivity index (χ4n) is 1.59. The smallest absolute Gasteiger partial charge is 0.146 e. The van der Waals surface area contributed by atoms with E-state index >= 15 is 0 Å². The van der Waals surface area contributed by atoms with Crippen molar-refractivity contribution in [3.63, 3.8) is 0 Å². The summed E-state index contributed by atoms with van der Waals surface area (Å²) in [6.45, 7) is 2.07. The molecule has 1 aliphatic rings. The van der Waals surface area contributed by atoms with Crippen LogP contribution in [0.4, 0.5) is 5.69 Å². The van der Waals surface area contributed by atoms with Gasteiger partial charge in [0.15, 0.2) is 0 Å². The van der Waals surface area contributed by atoms with Gasteiger partial charge in [-0.15, -0.1) is 0 Å². The summed E-state index contributed by atoms with van der Waals surface area (Å²) >= 11 is 0. The molecule has 1 heterocycles. The Morgan fingerprint density at radius 3 is 2.92 bits per heavy atom. The third kappa shape index (κ3) is 1.33. The molecule has 1 unspecified atom stereocenters. The monoisotopic (exact) mass is 175 g/mol. The molecular formula is C11H13NO. The van der Waals surface area contributed by atoms with Gasteiger partial charge in [-0.1, -0.05) is 17.7 Å². The van der Waals surface area contributed by atoms with Gasteiger partial charge in [-0.25, -0.2) is 0 Å². The fraction of sp³-hybridized carbons (Fsp3) is 0.273. The number of anilines is 1. The Bertz CT molecular complexity index is 357. The highest BCUT2D eigenvalue weighted by molar-refractivity contribution is 5.72. The van der Waals surface area contributed by atoms with Gasteiger partial charge in [-0.05, 0) is 30.7 Å². The normalized spacial score (nSPS) is 20.2. The fourth-order valence-corrected chi connectivity index (χ4v) is 1.59. The van der Waals surface area contributed by atoms with Gasteiger partial charge in [0.1, 0.15) is 6.23 Å². The third-order valence-corrected chi connectivity index (χ3v) is 2.41. The van der Waals surface area contributed by atoms with Gasteiger partial charge < -0.3 is 10.0 Å². The van der Waals surface area contributed by atoms with Crippen molar-refractivity contribution >= 4 is 11.8 Å². The highest BCUT2D eigenvalue weighted by Gasteiger charge is 2.15. The molecule has 2 rings (SSSR count). The number of aliphatic hydroxyl groups is 1. The predicted molar refractivity (Wildman–Crippen MR) is 54.6 cm³/mol. The van der Waals surface area contributed by atoms with Crippen molar-refractivity contribution in [2.45, 2.75) is 13.2 Å². The predicted octanol–water partition coefficient (Wildman–Crippen LogP) is 1.78. The molecule has 0 saturated carbocycles. The number of likely N-dealkylation sites (N-methyl/N-ethyl adjacent to an activating group) is 1. The highest BCUT2D eigenvalue weighted by Crippen LogP contribution is 2.27. The molecule has 68 valence electrons. The molecular weight excluding hydrogens is 162 g/mol. The minimum absolute atomic E-state index is 0.491. The standard InChI is InChI=1S/C11H13NO/c1-8-3-5-10-9(7-8)4-6-11(13)12(10)2/h3-7,11,13H,1-2H3. The van der Waals surface area contributed by atoms with Gasteiger partial charge in [0.05, 0.1) is 0 Å². The number of hydrogen-bond acceptors (Lipinski definition) is 2. The van der Waals surface area contributed by atoms with Gasteiger partial charge in [0.2, 0.25) is 0 Å². The third-order valence-electron chi connectivity index (χ3n) is 2.41. The maximum Gasteiger partial charge on any atom is 0.146 e. The first-order chi connectivity index (χ1) is 6.18. The number of aliphatic hydroxyl groups excluding tert-OH is 1. The lowest BCUT2D eigenvalue weighted by Gasteiger charge is -2.28. The van der Waals surface area contributed by atoms with E-state index in [0.717, 1.165) is 5.69 Å². The molecule has 0 radical (unpaired) electrons. The van der Waals surface area contributed by atoms with Gasteiger partial charge in [-0.2, -0.15) is 0 Å². The zero-order valence-corrected chi connectivity index (χ0v) is 7.86. The van der Waals surface area contributed by atoms with Gasteiger partial charge >= 0.3 is 0 Å². The largest absolute Gasteiger partial charge is 0.370 e.